The Kier molecular flexibility index (Phi) is 4.81. The Hall–Kier alpha value is -0.650. The monoisotopic (exact) mass is 341 g/mol. The normalized spacial score (nSPS) is 12.9. The summed E-state index contributed by atoms with van der Waals surface area (Å²) in [5.41, 5.74) is 3.70. The van der Waals surface area contributed by atoms with E-state index < -0.39 is 0 Å². The molecule has 2 aromatic rings. The molecule has 2 rings (SSSR count). The van der Waals surface area contributed by atoms with E-state index in [1.807, 2.05) is 25.3 Å². The summed E-state index contributed by atoms with van der Waals surface area (Å²) < 4.78 is 3.23. The zero-order chi connectivity index (χ0) is 14.0. The molecule has 19 heavy (non-hydrogen) atoms. The highest BCUT2D eigenvalue weighted by Gasteiger charge is 2.19. The molecule has 1 atom stereocenters. The molecule has 1 N–H and O–H groups in total. The van der Waals surface area contributed by atoms with Crippen molar-refractivity contribution in [2.24, 2.45) is 0 Å². The van der Waals surface area contributed by atoms with Gasteiger partial charge in [-0.05, 0) is 60.8 Å². The summed E-state index contributed by atoms with van der Waals surface area (Å²) >= 11 is 5.49. The lowest BCUT2D eigenvalue weighted by Gasteiger charge is -2.17. The van der Waals surface area contributed by atoms with E-state index in [1.165, 1.54) is 16.1 Å². The number of hydrogen-bond donors (Lipinski definition) is 1. The molecule has 0 amide bonds. The zero-order valence-electron chi connectivity index (χ0n) is 11.8. The summed E-state index contributed by atoms with van der Waals surface area (Å²) in [5, 5.41) is 10.2. The fourth-order valence-corrected chi connectivity index (χ4v) is 3.81. The van der Waals surface area contributed by atoms with Gasteiger partial charge in [0.1, 0.15) is 0 Å². The summed E-state index contributed by atoms with van der Waals surface area (Å²) in [7, 11) is 2.03. The van der Waals surface area contributed by atoms with Gasteiger partial charge in [-0.1, -0.05) is 0 Å². The van der Waals surface area contributed by atoms with Crippen molar-refractivity contribution in [3.63, 3.8) is 0 Å². The average molecular weight is 342 g/mol. The van der Waals surface area contributed by atoms with E-state index in [1.54, 1.807) is 0 Å². The largest absolute Gasteiger partial charge is 0.312 e. The van der Waals surface area contributed by atoms with Crippen molar-refractivity contribution in [2.45, 2.75) is 39.8 Å². The molecule has 0 spiro atoms. The van der Waals surface area contributed by atoms with E-state index in [4.69, 9.17) is 0 Å². The molecule has 0 aromatic carbocycles. The second-order valence-electron chi connectivity index (χ2n) is 4.68. The number of halogens is 1. The minimum Gasteiger partial charge on any atom is -0.312 e. The van der Waals surface area contributed by atoms with Crippen molar-refractivity contribution >= 4 is 27.3 Å². The Morgan fingerprint density at radius 2 is 2.21 bits per heavy atom. The fourth-order valence-electron chi connectivity index (χ4n) is 2.32. The van der Waals surface area contributed by atoms with Gasteiger partial charge in [0.05, 0.1) is 15.9 Å². The highest BCUT2D eigenvalue weighted by Crippen LogP contribution is 2.30. The van der Waals surface area contributed by atoms with Gasteiger partial charge in [-0.2, -0.15) is 5.10 Å². The first kappa shape index (κ1) is 14.8. The van der Waals surface area contributed by atoms with Crippen molar-refractivity contribution in [2.75, 3.05) is 7.05 Å². The molecule has 0 bridgehead atoms. The molecule has 0 radical (unpaired) electrons. The minimum atomic E-state index is 0.345. The number of nitrogens with one attached hydrogen (secondary N) is 1. The smallest absolute Gasteiger partial charge is 0.0738 e. The summed E-state index contributed by atoms with van der Waals surface area (Å²) in [6.45, 7) is 7.26. The van der Waals surface area contributed by atoms with Crippen molar-refractivity contribution in [1.82, 2.24) is 15.1 Å². The topological polar surface area (TPSA) is 29.9 Å². The van der Waals surface area contributed by atoms with Crippen LogP contribution in [0, 0.1) is 13.8 Å². The molecular formula is C14H20BrN3S. The summed E-state index contributed by atoms with van der Waals surface area (Å²) in [6.07, 6.45) is 0.952. The van der Waals surface area contributed by atoms with E-state index in [-0.39, 0.29) is 0 Å². The summed E-state index contributed by atoms with van der Waals surface area (Å²) in [4.78, 5) is 1.41. The molecule has 0 aliphatic carbocycles. The second-order valence-corrected chi connectivity index (χ2v) is 6.42. The fraction of sp³-hybridized carbons (Fsp3) is 0.500. The quantitative estimate of drug-likeness (QED) is 0.895. The van der Waals surface area contributed by atoms with Gasteiger partial charge >= 0.3 is 0 Å². The van der Waals surface area contributed by atoms with Crippen LogP contribution in [0.4, 0.5) is 0 Å². The maximum atomic E-state index is 4.57. The number of hydrogen-bond acceptors (Lipinski definition) is 3. The molecule has 0 saturated carbocycles. The van der Waals surface area contributed by atoms with Gasteiger partial charge in [0.2, 0.25) is 0 Å². The van der Waals surface area contributed by atoms with E-state index in [0.29, 0.717) is 6.04 Å². The average Bonchev–Trinajstić information content (AvgIpc) is 2.93. The van der Waals surface area contributed by atoms with Crippen LogP contribution in [0.2, 0.25) is 0 Å². The van der Waals surface area contributed by atoms with E-state index in [9.17, 15) is 0 Å². The Morgan fingerprint density at radius 3 is 2.74 bits per heavy atom. The predicted molar refractivity (Wildman–Crippen MR) is 84.9 cm³/mol. The molecule has 5 heteroatoms. The molecule has 104 valence electrons. The molecule has 3 nitrogen and oxygen atoms in total. The van der Waals surface area contributed by atoms with E-state index in [0.717, 1.165) is 23.1 Å². The van der Waals surface area contributed by atoms with Crippen LogP contribution in [-0.4, -0.2) is 16.8 Å². The van der Waals surface area contributed by atoms with Gasteiger partial charge in [-0.15, -0.1) is 11.3 Å². The lowest BCUT2D eigenvalue weighted by atomic mass is 10.1. The first-order valence-electron chi connectivity index (χ1n) is 6.51. The summed E-state index contributed by atoms with van der Waals surface area (Å²) in [5.74, 6) is 0. The van der Waals surface area contributed by atoms with Crippen LogP contribution in [0.25, 0.3) is 0 Å². The maximum absolute atomic E-state index is 4.57. The van der Waals surface area contributed by atoms with Crippen LogP contribution in [0.15, 0.2) is 15.9 Å². The number of aromatic nitrogens is 2. The third kappa shape index (κ3) is 2.93. The van der Waals surface area contributed by atoms with Gasteiger partial charge in [0.15, 0.2) is 0 Å². The second kappa shape index (κ2) is 6.20. The third-order valence-electron chi connectivity index (χ3n) is 3.42. The van der Waals surface area contributed by atoms with Crippen LogP contribution in [0.1, 0.15) is 34.8 Å². The van der Waals surface area contributed by atoms with Gasteiger partial charge in [-0.25, -0.2) is 0 Å². The van der Waals surface area contributed by atoms with Crippen LogP contribution in [0.5, 0.6) is 0 Å². The molecule has 0 fully saturated rings. The molecule has 0 saturated heterocycles. The number of thiophene rings is 1. The summed E-state index contributed by atoms with van der Waals surface area (Å²) in [6, 6.07) is 2.53. The number of aryl methyl sites for hydroxylation is 3. The molecule has 1 unspecified atom stereocenters. The van der Waals surface area contributed by atoms with E-state index in [2.05, 4.69) is 56.3 Å². The van der Waals surface area contributed by atoms with Crippen LogP contribution < -0.4 is 5.32 Å². The van der Waals surface area contributed by atoms with E-state index >= 15 is 0 Å². The Balaban J connectivity index is 2.31. The molecular weight excluding hydrogens is 322 g/mol. The van der Waals surface area contributed by atoms with Gasteiger partial charge in [-0.3, -0.25) is 4.68 Å². The zero-order valence-corrected chi connectivity index (χ0v) is 14.2. The van der Waals surface area contributed by atoms with Crippen molar-refractivity contribution in [3.8, 4) is 0 Å². The number of nitrogens with zero attached hydrogens (tertiary/aromatic N) is 2. The number of rotatable bonds is 5. The molecule has 2 aromatic heterocycles. The Labute approximate surface area is 127 Å². The molecule has 0 aliphatic rings. The van der Waals surface area contributed by atoms with Crippen LogP contribution in [0.3, 0.4) is 0 Å². The highest BCUT2D eigenvalue weighted by atomic mass is 79.9. The van der Waals surface area contributed by atoms with Crippen LogP contribution in [-0.2, 0) is 13.0 Å². The first-order valence-corrected chi connectivity index (χ1v) is 8.18. The van der Waals surface area contributed by atoms with Crippen LogP contribution >= 0.6 is 27.3 Å². The third-order valence-corrected chi connectivity index (χ3v) is 5.58. The lowest BCUT2D eigenvalue weighted by molar-refractivity contribution is 0.544. The van der Waals surface area contributed by atoms with Crippen molar-refractivity contribution in [3.05, 3.63) is 37.7 Å². The number of likely N-dealkylation sites (N-methyl/N-ethyl adjacent to an activating group) is 1. The first-order chi connectivity index (χ1) is 9.08. The van der Waals surface area contributed by atoms with Crippen molar-refractivity contribution < 1.29 is 0 Å². The van der Waals surface area contributed by atoms with Gasteiger partial charge in [0.25, 0.3) is 0 Å². The Bertz CT molecular complexity index is 559. The predicted octanol–water partition coefficient (Wildman–Crippen LogP) is 3.85. The van der Waals surface area contributed by atoms with Gasteiger partial charge in [0, 0.05) is 23.9 Å². The van der Waals surface area contributed by atoms with Gasteiger partial charge < -0.3 is 5.32 Å². The minimum absolute atomic E-state index is 0.345. The molecule has 0 aliphatic heterocycles. The Morgan fingerprint density at radius 1 is 1.47 bits per heavy atom. The molecule has 2 heterocycles. The standard InChI is InChI=1S/C14H20BrN3S/c1-5-18-12(13(15)10(3)17-18)8-11(16-4)14-9(2)6-7-19-14/h6-7,11,16H,5,8H2,1-4H3. The van der Waals surface area contributed by atoms with Crippen molar-refractivity contribution in [1.29, 1.82) is 0 Å². The SMILES string of the molecule is CCn1nc(C)c(Br)c1CC(NC)c1sccc1C. The highest BCUT2D eigenvalue weighted by molar-refractivity contribution is 9.10. The maximum Gasteiger partial charge on any atom is 0.0738 e. The lowest BCUT2D eigenvalue weighted by Crippen LogP contribution is -2.20.